The zero-order valence-electron chi connectivity index (χ0n) is 17.3. The molecule has 162 valence electrons. The number of carbonyl (C=O) groups is 2. The van der Waals surface area contributed by atoms with Gasteiger partial charge in [-0.2, -0.15) is 0 Å². The summed E-state index contributed by atoms with van der Waals surface area (Å²) < 4.78 is 31.6. The third-order valence-corrected chi connectivity index (χ3v) is 8.07. The molecule has 0 radical (unpaired) electrons. The highest BCUT2D eigenvalue weighted by Gasteiger charge is 2.39. The summed E-state index contributed by atoms with van der Waals surface area (Å²) in [4.78, 5) is 25.9. The zero-order valence-corrected chi connectivity index (χ0v) is 19.0. The average Bonchev–Trinajstić information content (AvgIpc) is 3.32. The van der Waals surface area contributed by atoms with Crippen LogP contribution in [0.4, 0.5) is 0 Å². The molecule has 0 spiro atoms. The van der Waals surface area contributed by atoms with Crippen molar-refractivity contribution < 1.29 is 22.7 Å². The van der Waals surface area contributed by atoms with Crippen molar-refractivity contribution in [3.8, 4) is 10.4 Å². The van der Waals surface area contributed by atoms with Crippen molar-refractivity contribution in [3.05, 3.63) is 47.3 Å². The maximum Gasteiger partial charge on any atom is 0.239 e. The number of sulfone groups is 1. The Kier molecular flexibility index (Phi) is 7.10. The molecule has 1 aliphatic rings. The molecule has 3 atom stereocenters. The van der Waals surface area contributed by atoms with Crippen LogP contribution in [-0.2, 0) is 29.9 Å². The number of ether oxygens (including phenoxy) is 1. The van der Waals surface area contributed by atoms with Crippen LogP contribution in [0.5, 0.6) is 0 Å². The van der Waals surface area contributed by atoms with Crippen molar-refractivity contribution in [1.29, 1.82) is 0 Å². The summed E-state index contributed by atoms with van der Waals surface area (Å²) in [5.41, 5.74) is 1.65. The Bertz CT molecular complexity index is 981. The summed E-state index contributed by atoms with van der Waals surface area (Å²) in [7, 11) is -3.77. The first-order chi connectivity index (χ1) is 14.2. The molecule has 1 aromatic carbocycles. The zero-order chi connectivity index (χ0) is 21.9. The second kappa shape index (κ2) is 9.41. The van der Waals surface area contributed by atoms with E-state index in [1.165, 1.54) is 0 Å². The van der Waals surface area contributed by atoms with E-state index in [1.54, 1.807) is 30.4 Å². The molecule has 1 N–H and O–H groups in total. The molecule has 0 bridgehead atoms. The number of rotatable bonds is 8. The van der Waals surface area contributed by atoms with E-state index in [4.69, 9.17) is 4.74 Å². The van der Waals surface area contributed by atoms with E-state index < -0.39 is 33.1 Å². The smallest absolute Gasteiger partial charge is 0.239 e. The number of nitrogens with one attached hydrogen (secondary N) is 1. The minimum Gasteiger partial charge on any atom is -0.368 e. The SMILES string of the molecule is CC(C)CC(C(=O)NC1C(=O)COC1C)S(=O)(=O)Cc1ccc(-c2cccs2)cc1. The molecule has 3 rings (SSSR count). The number of amides is 1. The summed E-state index contributed by atoms with van der Waals surface area (Å²) in [6.07, 6.45) is -0.272. The molecule has 1 amide bonds. The molecule has 8 heteroatoms. The first kappa shape index (κ1) is 22.7. The lowest BCUT2D eigenvalue weighted by atomic mass is 10.1. The van der Waals surface area contributed by atoms with Gasteiger partial charge in [0.1, 0.15) is 17.9 Å². The molecule has 1 fully saturated rings. The summed E-state index contributed by atoms with van der Waals surface area (Å²) >= 11 is 1.62. The predicted molar refractivity (Wildman–Crippen MR) is 118 cm³/mol. The first-order valence-electron chi connectivity index (χ1n) is 9.96. The Balaban J connectivity index is 1.76. The molecule has 2 heterocycles. The lowest BCUT2D eigenvalue weighted by molar-refractivity contribution is -0.126. The minimum atomic E-state index is -3.77. The van der Waals surface area contributed by atoms with Crippen LogP contribution in [-0.4, -0.2) is 44.1 Å². The van der Waals surface area contributed by atoms with E-state index in [1.807, 2.05) is 43.5 Å². The number of carbonyl (C=O) groups excluding carboxylic acids is 2. The van der Waals surface area contributed by atoms with Crippen molar-refractivity contribution in [2.24, 2.45) is 5.92 Å². The van der Waals surface area contributed by atoms with Crippen molar-refractivity contribution in [3.63, 3.8) is 0 Å². The second-order valence-corrected chi connectivity index (χ2v) is 11.2. The van der Waals surface area contributed by atoms with Gasteiger partial charge in [-0.25, -0.2) is 8.42 Å². The van der Waals surface area contributed by atoms with Crippen LogP contribution >= 0.6 is 11.3 Å². The standard InChI is InChI=1S/C22H27NO5S2/c1-14(2)11-20(22(25)23-21-15(3)28-12-18(21)24)30(26,27)13-16-6-8-17(9-7-16)19-5-4-10-29-19/h4-10,14-15,20-21H,11-13H2,1-3H3,(H,23,25). The van der Waals surface area contributed by atoms with E-state index in [-0.39, 0.29) is 30.5 Å². The van der Waals surface area contributed by atoms with Crippen LogP contribution < -0.4 is 5.32 Å². The Hall–Kier alpha value is -2.03. The summed E-state index contributed by atoms with van der Waals surface area (Å²) in [6, 6.07) is 10.5. The number of thiophene rings is 1. The second-order valence-electron chi connectivity index (χ2n) is 8.07. The van der Waals surface area contributed by atoms with Crippen LogP contribution in [0.1, 0.15) is 32.8 Å². The first-order valence-corrected chi connectivity index (χ1v) is 12.6. The van der Waals surface area contributed by atoms with Gasteiger partial charge in [0.2, 0.25) is 5.91 Å². The highest BCUT2D eigenvalue weighted by Crippen LogP contribution is 2.26. The molecular weight excluding hydrogens is 422 g/mol. The fourth-order valence-electron chi connectivity index (χ4n) is 3.49. The fourth-order valence-corrected chi connectivity index (χ4v) is 6.15. The largest absolute Gasteiger partial charge is 0.368 e. The molecule has 0 saturated carbocycles. The molecule has 0 aliphatic carbocycles. The summed E-state index contributed by atoms with van der Waals surface area (Å²) in [5, 5.41) is 3.39. The maximum absolute atomic E-state index is 13.2. The number of hydrogen-bond donors (Lipinski definition) is 1. The van der Waals surface area contributed by atoms with Gasteiger partial charge >= 0.3 is 0 Å². The third-order valence-electron chi connectivity index (χ3n) is 5.14. The molecular formula is C22H27NO5S2. The van der Waals surface area contributed by atoms with Gasteiger partial charge in [-0.3, -0.25) is 9.59 Å². The number of benzene rings is 1. The highest BCUT2D eigenvalue weighted by atomic mass is 32.2. The minimum absolute atomic E-state index is 0.00434. The topological polar surface area (TPSA) is 89.5 Å². The van der Waals surface area contributed by atoms with Crippen molar-refractivity contribution in [2.75, 3.05) is 6.61 Å². The van der Waals surface area contributed by atoms with Crippen molar-refractivity contribution in [1.82, 2.24) is 5.32 Å². The molecule has 1 aromatic heterocycles. The van der Waals surface area contributed by atoms with E-state index in [9.17, 15) is 18.0 Å². The fraction of sp³-hybridized carbons (Fsp3) is 0.455. The van der Waals surface area contributed by atoms with Crippen LogP contribution in [0, 0.1) is 5.92 Å². The predicted octanol–water partition coefficient (Wildman–Crippen LogP) is 3.22. The van der Waals surface area contributed by atoms with E-state index in [0.717, 1.165) is 10.4 Å². The quantitative estimate of drug-likeness (QED) is 0.668. The van der Waals surface area contributed by atoms with Crippen molar-refractivity contribution in [2.45, 2.75) is 50.3 Å². The van der Waals surface area contributed by atoms with Gasteiger partial charge in [-0.1, -0.05) is 44.2 Å². The number of hydrogen-bond acceptors (Lipinski definition) is 6. The van der Waals surface area contributed by atoms with Crippen LogP contribution in [0.15, 0.2) is 41.8 Å². The van der Waals surface area contributed by atoms with Crippen LogP contribution in [0.25, 0.3) is 10.4 Å². The third kappa shape index (κ3) is 5.36. The van der Waals surface area contributed by atoms with Gasteiger partial charge in [-0.05, 0) is 41.8 Å². The van der Waals surface area contributed by atoms with Gasteiger partial charge in [0.25, 0.3) is 0 Å². The Morgan fingerprint density at radius 1 is 1.23 bits per heavy atom. The van der Waals surface area contributed by atoms with Gasteiger partial charge < -0.3 is 10.1 Å². The normalized spacial score (nSPS) is 20.5. The lowest BCUT2D eigenvalue weighted by Gasteiger charge is -2.22. The molecule has 2 aromatic rings. The Labute approximate surface area is 181 Å². The Morgan fingerprint density at radius 2 is 1.93 bits per heavy atom. The van der Waals surface area contributed by atoms with Gasteiger partial charge in [-0.15, -0.1) is 11.3 Å². The monoisotopic (exact) mass is 449 g/mol. The number of ketones is 1. The maximum atomic E-state index is 13.2. The van der Waals surface area contributed by atoms with Gasteiger partial charge in [0, 0.05) is 4.88 Å². The highest BCUT2D eigenvalue weighted by molar-refractivity contribution is 7.92. The summed E-state index contributed by atoms with van der Waals surface area (Å²) in [6.45, 7) is 5.37. The Morgan fingerprint density at radius 3 is 2.47 bits per heavy atom. The van der Waals surface area contributed by atoms with Crippen molar-refractivity contribution >= 4 is 32.9 Å². The molecule has 3 unspecified atom stereocenters. The molecule has 30 heavy (non-hydrogen) atoms. The van der Waals surface area contributed by atoms with Gasteiger partial charge in [0.15, 0.2) is 15.6 Å². The molecule has 1 saturated heterocycles. The average molecular weight is 450 g/mol. The molecule has 6 nitrogen and oxygen atoms in total. The number of Topliss-reactive ketones (excluding diaryl/α,β-unsaturated/α-hetero) is 1. The van der Waals surface area contributed by atoms with E-state index in [2.05, 4.69) is 5.32 Å². The summed E-state index contributed by atoms with van der Waals surface area (Å²) in [5.74, 6) is -1.09. The van der Waals surface area contributed by atoms with Gasteiger partial charge in [0.05, 0.1) is 11.9 Å². The van der Waals surface area contributed by atoms with Crippen LogP contribution in [0.2, 0.25) is 0 Å². The van der Waals surface area contributed by atoms with E-state index in [0.29, 0.717) is 5.56 Å². The van der Waals surface area contributed by atoms with Crippen LogP contribution in [0.3, 0.4) is 0 Å². The molecule has 1 aliphatic heterocycles. The van der Waals surface area contributed by atoms with E-state index >= 15 is 0 Å². The lowest BCUT2D eigenvalue weighted by Crippen LogP contribution is -2.50.